The molecule has 7 nitrogen and oxygen atoms in total. The molecule has 7 heteroatoms. The van der Waals surface area contributed by atoms with E-state index in [0.29, 0.717) is 36.9 Å². The van der Waals surface area contributed by atoms with Crippen LogP contribution in [0.1, 0.15) is 0 Å². The predicted molar refractivity (Wildman–Crippen MR) is 76.6 cm³/mol. The Labute approximate surface area is 123 Å². The number of benzene rings is 1. The molecule has 0 saturated heterocycles. The summed E-state index contributed by atoms with van der Waals surface area (Å²) >= 11 is 0. The van der Waals surface area contributed by atoms with Crippen molar-refractivity contribution in [2.75, 3.05) is 52.1 Å². The van der Waals surface area contributed by atoms with Crippen molar-refractivity contribution < 1.29 is 24.1 Å². The van der Waals surface area contributed by atoms with Crippen molar-refractivity contribution in [1.29, 1.82) is 0 Å². The summed E-state index contributed by atoms with van der Waals surface area (Å²) in [4.78, 5) is 13.8. The van der Waals surface area contributed by atoms with Gasteiger partial charge in [-0.2, -0.15) is 0 Å². The first kappa shape index (κ1) is 15.6. The number of nitrogens with one attached hydrogen (secondary N) is 1. The lowest BCUT2D eigenvalue weighted by atomic mass is 10.2. The molecule has 1 heterocycles. The first-order valence-corrected chi connectivity index (χ1v) is 6.74. The third-order valence-corrected chi connectivity index (χ3v) is 3.05. The van der Waals surface area contributed by atoms with Crippen molar-refractivity contribution >= 4 is 11.6 Å². The number of aliphatic hydroxyl groups excluding tert-OH is 1. The fourth-order valence-electron chi connectivity index (χ4n) is 2.01. The minimum atomic E-state index is -0.154. The van der Waals surface area contributed by atoms with Crippen molar-refractivity contribution in [2.45, 2.75) is 0 Å². The summed E-state index contributed by atoms with van der Waals surface area (Å²) in [6, 6.07) is 5.25. The molecule has 1 aliphatic rings. The maximum atomic E-state index is 12.0. The number of hydrogen-bond donors (Lipinski definition) is 2. The summed E-state index contributed by atoms with van der Waals surface area (Å²) in [6.45, 7) is 1.92. The van der Waals surface area contributed by atoms with Gasteiger partial charge in [0.1, 0.15) is 0 Å². The van der Waals surface area contributed by atoms with Crippen LogP contribution in [0, 0.1) is 0 Å². The molecule has 0 unspecified atom stereocenters. The Morgan fingerprint density at radius 3 is 2.95 bits per heavy atom. The molecule has 0 aromatic heterocycles. The van der Waals surface area contributed by atoms with Gasteiger partial charge in [0.05, 0.1) is 19.8 Å². The van der Waals surface area contributed by atoms with Crippen molar-refractivity contribution in [3.8, 4) is 11.5 Å². The highest BCUT2D eigenvalue weighted by molar-refractivity contribution is 5.92. The van der Waals surface area contributed by atoms with Crippen LogP contribution in [0.15, 0.2) is 18.2 Å². The monoisotopic (exact) mass is 296 g/mol. The van der Waals surface area contributed by atoms with Gasteiger partial charge in [0, 0.05) is 32.0 Å². The predicted octanol–water partition coefficient (Wildman–Crippen LogP) is 0.294. The van der Waals surface area contributed by atoms with E-state index in [4.69, 9.17) is 19.3 Å². The number of carbonyl (C=O) groups is 1. The fraction of sp³-hybridized carbons (Fsp3) is 0.500. The van der Waals surface area contributed by atoms with Crippen molar-refractivity contribution in [2.24, 2.45) is 0 Å². The van der Waals surface area contributed by atoms with Gasteiger partial charge in [-0.15, -0.1) is 0 Å². The lowest BCUT2D eigenvalue weighted by molar-refractivity contribution is -0.117. The number of nitrogens with zero attached hydrogens (tertiary/aromatic N) is 1. The Kier molecular flexibility index (Phi) is 5.79. The number of methoxy groups -OCH3 is 1. The molecule has 1 aromatic carbocycles. The largest absolute Gasteiger partial charge is 0.454 e. The number of aliphatic hydroxyl groups is 1. The zero-order valence-electron chi connectivity index (χ0n) is 12.0. The smallest absolute Gasteiger partial charge is 0.238 e. The third kappa shape index (κ3) is 4.59. The SMILES string of the molecule is COCCN(CCO)CC(=O)Nc1ccc2c(c1)OCO2. The molecule has 1 amide bonds. The van der Waals surface area contributed by atoms with E-state index in [9.17, 15) is 4.79 Å². The summed E-state index contributed by atoms with van der Waals surface area (Å²) < 4.78 is 15.5. The quantitative estimate of drug-likeness (QED) is 0.718. The van der Waals surface area contributed by atoms with E-state index in [1.807, 2.05) is 4.90 Å². The number of anilines is 1. The lowest BCUT2D eigenvalue weighted by Gasteiger charge is -2.20. The van der Waals surface area contributed by atoms with E-state index in [1.165, 1.54) is 0 Å². The third-order valence-electron chi connectivity index (χ3n) is 3.05. The molecule has 0 aliphatic carbocycles. The summed E-state index contributed by atoms with van der Waals surface area (Å²) in [5, 5.41) is 11.8. The summed E-state index contributed by atoms with van der Waals surface area (Å²) in [7, 11) is 1.60. The number of fused-ring (bicyclic) bond motifs is 1. The van der Waals surface area contributed by atoms with Crippen LogP contribution in [-0.4, -0.2) is 62.7 Å². The Hall–Kier alpha value is -1.83. The minimum Gasteiger partial charge on any atom is -0.454 e. The Balaban J connectivity index is 1.87. The normalized spacial score (nSPS) is 12.7. The van der Waals surface area contributed by atoms with Gasteiger partial charge in [-0.05, 0) is 12.1 Å². The van der Waals surface area contributed by atoms with Gasteiger partial charge in [0.2, 0.25) is 12.7 Å². The van der Waals surface area contributed by atoms with Crippen LogP contribution < -0.4 is 14.8 Å². The first-order chi connectivity index (χ1) is 10.2. The number of ether oxygens (including phenoxy) is 3. The zero-order valence-corrected chi connectivity index (χ0v) is 12.0. The van der Waals surface area contributed by atoms with Gasteiger partial charge in [-0.25, -0.2) is 0 Å². The van der Waals surface area contributed by atoms with Gasteiger partial charge >= 0.3 is 0 Å². The molecule has 0 fully saturated rings. The molecule has 0 spiro atoms. The second-order valence-electron chi connectivity index (χ2n) is 4.61. The Morgan fingerprint density at radius 1 is 1.38 bits per heavy atom. The molecule has 1 aromatic rings. The summed E-state index contributed by atoms with van der Waals surface area (Å²) in [6.07, 6.45) is 0. The van der Waals surface area contributed by atoms with Crippen LogP contribution in [0.3, 0.4) is 0 Å². The standard InChI is InChI=1S/C14H20N2O5/c1-19-7-5-16(4-6-17)9-14(18)15-11-2-3-12-13(8-11)21-10-20-12/h2-3,8,17H,4-7,9-10H2,1H3,(H,15,18). The number of rotatable bonds is 8. The van der Waals surface area contributed by atoms with Crippen LogP contribution in [-0.2, 0) is 9.53 Å². The summed E-state index contributed by atoms with van der Waals surface area (Å²) in [5.74, 6) is 1.15. The molecule has 2 rings (SSSR count). The van der Waals surface area contributed by atoms with Crippen LogP contribution in [0.5, 0.6) is 11.5 Å². The van der Waals surface area contributed by atoms with E-state index in [1.54, 1.807) is 25.3 Å². The molecule has 0 saturated carbocycles. The van der Waals surface area contributed by atoms with E-state index in [0.717, 1.165) is 0 Å². The molecular weight excluding hydrogens is 276 g/mol. The van der Waals surface area contributed by atoms with Gasteiger partial charge in [0.15, 0.2) is 11.5 Å². The second kappa shape index (κ2) is 7.82. The van der Waals surface area contributed by atoms with E-state index in [2.05, 4.69) is 5.32 Å². The van der Waals surface area contributed by atoms with E-state index in [-0.39, 0.29) is 25.9 Å². The van der Waals surface area contributed by atoms with Gasteiger partial charge < -0.3 is 24.6 Å². The Morgan fingerprint density at radius 2 is 2.19 bits per heavy atom. The number of amides is 1. The molecule has 2 N–H and O–H groups in total. The lowest BCUT2D eigenvalue weighted by Crippen LogP contribution is -2.37. The molecule has 1 aliphatic heterocycles. The molecule has 0 bridgehead atoms. The molecule has 116 valence electrons. The first-order valence-electron chi connectivity index (χ1n) is 6.74. The van der Waals surface area contributed by atoms with Crippen LogP contribution in [0.2, 0.25) is 0 Å². The van der Waals surface area contributed by atoms with Crippen molar-refractivity contribution in [1.82, 2.24) is 4.90 Å². The molecular formula is C14H20N2O5. The van der Waals surface area contributed by atoms with Crippen LogP contribution in [0.25, 0.3) is 0 Å². The van der Waals surface area contributed by atoms with Gasteiger partial charge in [-0.3, -0.25) is 9.69 Å². The highest BCUT2D eigenvalue weighted by atomic mass is 16.7. The average molecular weight is 296 g/mol. The average Bonchev–Trinajstić information content (AvgIpc) is 2.92. The topological polar surface area (TPSA) is 80.3 Å². The summed E-state index contributed by atoms with van der Waals surface area (Å²) in [5.41, 5.74) is 0.653. The van der Waals surface area contributed by atoms with Crippen molar-refractivity contribution in [3.05, 3.63) is 18.2 Å². The number of carbonyl (C=O) groups excluding carboxylic acids is 1. The second-order valence-corrected chi connectivity index (χ2v) is 4.61. The fourth-order valence-corrected chi connectivity index (χ4v) is 2.01. The highest BCUT2D eigenvalue weighted by Crippen LogP contribution is 2.34. The van der Waals surface area contributed by atoms with Gasteiger partial charge in [-0.1, -0.05) is 0 Å². The molecule has 0 atom stereocenters. The molecule has 0 radical (unpaired) electrons. The van der Waals surface area contributed by atoms with Crippen LogP contribution in [0.4, 0.5) is 5.69 Å². The maximum absolute atomic E-state index is 12.0. The maximum Gasteiger partial charge on any atom is 0.238 e. The van der Waals surface area contributed by atoms with Crippen LogP contribution >= 0.6 is 0 Å². The van der Waals surface area contributed by atoms with E-state index < -0.39 is 0 Å². The van der Waals surface area contributed by atoms with Gasteiger partial charge in [0.25, 0.3) is 0 Å². The van der Waals surface area contributed by atoms with E-state index >= 15 is 0 Å². The zero-order chi connectivity index (χ0) is 15.1. The highest BCUT2D eigenvalue weighted by Gasteiger charge is 2.15. The Bertz CT molecular complexity index is 480. The minimum absolute atomic E-state index is 0.00101. The number of hydrogen-bond acceptors (Lipinski definition) is 6. The van der Waals surface area contributed by atoms with Crippen molar-refractivity contribution in [3.63, 3.8) is 0 Å². The molecule has 21 heavy (non-hydrogen) atoms.